The SMILES string of the molecule is CC1(CNC(=O)c2ccc(Cl)s2)CCNCC1.Cl. The molecule has 0 spiro atoms. The summed E-state index contributed by atoms with van der Waals surface area (Å²) in [6, 6.07) is 3.53. The number of carbonyl (C=O) groups excluding carboxylic acids is 1. The Morgan fingerprint density at radius 3 is 2.72 bits per heavy atom. The lowest BCUT2D eigenvalue weighted by atomic mass is 9.81. The van der Waals surface area contributed by atoms with Crippen LogP contribution in [0, 0.1) is 5.41 Å². The normalized spacial score (nSPS) is 17.9. The summed E-state index contributed by atoms with van der Waals surface area (Å²) in [5, 5.41) is 6.34. The number of rotatable bonds is 3. The smallest absolute Gasteiger partial charge is 0.261 e. The Bertz CT molecular complexity index is 403. The zero-order valence-electron chi connectivity index (χ0n) is 10.3. The van der Waals surface area contributed by atoms with Crippen molar-refractivity contribution in [2.45, 2.75) is 19.8 Å². The maximum Gasteiger partial charge on any atom is 0.261 e. The standard InChI is InChI=1S/C12H17ClN2OS.ClH/c1-12(4-6-14-7-5-12)8-15-11(16)9-2-3-10(13)17-9;/h2-3,14H,4-8H2,1H3,(H,15,16);1H. The quantitative estimate of drug-likeness (QED) is 0.901. The van der Waals surface area contributed by atoms with Crippen LogP contribution in [0.4, 0.5) is 0 Å². The molecule has 2 rings (SSSR count). The van der Waals surface area contributed by atoms with Gasteiger partial charge in [-0.2, -0.15) is 0 Å². The Labute approximate surface area is 123 Å². The van der Waals surface area contributed by atoms with Gasteiger partial charge in [-0.1, -0.05) is 18.5 Å². The van der Waals surface area contributed by atoms with Gasteiger partial charge >= 0.3 is 0 Å². The van der Waals surface area contributed by atoms with E-state index in [-0.39, 0.29) is 23.7 Å². The van der Waals surface area contributed by atoms with Gasteiger partial charge in [-0.25, -0.2) is 0 Å². The van der Waals surface area contributed by atoms with E-state index in [1.165, 1.54) is 11.3 Å². The summed E-state index contributed by atoms with van der Waals surface area (Å²) in [4.78, 5) is 12.6. The molecule has 1 saturated heterocycles. The average molecular weight is 309 g/mol. The topological polar surface area (TPSA) is 41.1 Å². The zero-order valence-corrected chi connectivity index (χ0v) is 12.7. The van der Waals surface area contributed by atoms with Crippen LogP contribution in [-0.2, 0) is 0 Å². The molecule has 2 N–H and O–H groups in total. The minimum Gasteiger partial charge on any atom is -0.351 e. The highest BCUT2D eigenvalue weighted by atomic mass is 35.5. The van der Waals surface area contributed by atoms with E-state index in [0.29, 0.717) is 9.21 Å². The van der Waals surface area contributed by atoms with Crippen LogP contribution in [-0.4, -0.2) is 25.5 Å². The molecule has 18 heavy (non-hydrogen) atoms. The average Bonchev–Trinajstić information content (AvgIpc) is 2.74. The third-order valence-corrected chi connectivity index (χ3v) is 4.51. The molecular formula is C12H18Cl2N2OS. The fourth-order valence-corrected chi connectivity index (χ4v) is 2.98. The van der Waals surface area contributed by atoms with Gasteiger partial charge in [0.2, 0.25) is 0 Å². The van der Waals surface area contributed by atoms with Crippen LogP contribution in [0.3, 0.4) is 0 Å². The Hall–Kier alpha value is -0.290. The minimum absolute atomic E-state index is 0. The van der Waals surface area contributed by atoms with Crippen molar-refractivity contribution in [1.29, 1.82) is 0 Å². The van der Waals surface area contributed by atoms with E-state index in [1.807, 2.05) is 0 Å². The van der Waals surface area contributed by atoms with E-state index < -0.39 is 0 Å². The maximum atomic E-state index is 11.9. The van der Waals surface area contributed by atoms with Crippen LogP contribution in [0.25, 0.3) is 0 Å². The third-order valence-electron chi connectivity index (χ3n) is 3.28. The summed E-state index contributed by atoms with van der Waals surface area (Å²) >= 11 is 7.13. The second-order valence-corrected chi connectivity index (χ2v) is 6.56. The van der Waals surface area contributed by atoms with Crippen molar-refractivity contribution in [2.24, 2.45) is 5.41 Å². The largest absolute Gasteiger partial charge is 0.351 e. The summed E-state index contributed by atoms with van der Waals surface area (Å²) in [6.45, 7) is 5.05. The summed E-state index contributed by atoms with van der Waals surface area (Å²) in [5.41, 5.74) is 0.224. The Morgan fingerprint density at radius 1 is 1.50 bits per heavy atom. The van der Waals surface area contributed by atoms with Gasteiger partial charge in [0.25, 0.3) is 5.91 Å². The minimum atomic E-state index is -0.0124. The summed E-state index contributed by atoms with van der Waals surface area (Å²) in [5.74, 6) is -0.0124. The highest BCUT2D eigenvalue weighted by molar-refractivity contribution is 7.17. The Balaban J connectivity index is 0.00000162. The monoisotopic (exact) mass is 308 g/mol. The molecule has 6 heteroatoms. The van der Waals surface area contributed by atoms with Crippen molar-refractivity contribution >= 4 is 41.3 Å². The summed E-state index contributed by atoms with van der Waals surface area (Å²) in [7, 11) is 0. The van der Waals surface area contributed by atoms with Gasteiger partial charge in [0.1, 0.15) is 0 Å². The number of amides is 1. The number of hydrogen-bond donors (Lipinski definition) is 2. The lowest BCUT2D eigenvalue weighted by molar-refractivity contribution is 0.0926. The molecule has 0 aliphatic carbocycles. The molecule has 1 fully saturated rings. The van der Waals surface area contributed by atoms with E-state index >= 15 is 0 Å². The third kappa shape index (κ3) is 4.12. The van der Waals surface area contributed by atoms with Gasteiger partial charge < -0.3 is 10.6 Å². The van der Waals surface area contributed by atoms with Gasteiger partial charge in [0.15, 0.2) is 0 Å². The predicted octanol–water partition coefficient (Wildman–Crippen LogP) is 2.94. The molecule has 102 valence electrons. The molecule has 0 bridgehead atoms. The highest BCUT2D eigenvalue weighted by Crippen LogP contribution is 2.27. The molecule has 1 aromatic heterocycles. The van der Waals surface area contributed by atoms with Gasteiger partial charge in [-0.3, -0.25) is 4.79 Å². The lowest BCUT2D eigenvalue weighted by Crippen LogP contribution is -2.42. The fraction of sp³-hybridized carbons (Fsp3) is 0.583. The molecule has 0 aromatic carbocycles. The van der Waals surface area contributed by atoms with E-state index in [1.54, 1.807) is 12.1 Å². The first-order valence-corrected chi connectivity index (χ1v) is 7.03. The molecular weight excluding hydrogens is 291 g/mol. The van der Waals surface area contributed by atoms with E-state index in [9.17, 15) is 4.79 Å². The highest BCUT2D eigenvalue weighted by Gasteiger charge is 2.27. The number of nitrogens with one attached hydrogen (secondary N) is 2. The molecule has 2 heterocycles. The fourth-order valence-electron chi connectivity index (χ4n) is 2.02. The molecule has 0 radical (unpaired) electrons. The molecule has 1 aliphatic rings. The van der Waals surface area contributed by atoms with Gasteiger partial charge in [0, 0.05) is 6.54 Å². The van der Waals surface area contributed by atoms with Crippen molar-refractivity contribution in [1.82, 2.24) is 10.6 Å². The van der Waals surface area contributed by atoms with Crippen LogP contribution < -0.4 is 10.6 Å². The molecule has 0 atom stereocenters. The molecule has 3 nitrogen and oxygen atoms in total. The summed E-state index contributed by atoms with van der Waals surface area (Å²) in [6.07, 6.45) is 2.22. The van der Waals surface area contributed by atoms with Crippen LogP contribution in [0.15, 0.2) is 12.1 Å². The van der Waals surface area contributed by atoms with Crippen molar-refractivity contribution < 1.29 is 4.79 Å². The number of carbonyl (C=O) groups is 1. The van der Waals surface area contributed by atoms with Crippen LogP contribution >= 0.6 is 35.3 Å². The Kier molecular flexibility index (Phi) is 5.92. The number of thiophene rings is 1. The van der Waals surface area contributed by atoms with E-state index in [2.05, 4.69) is 17.6 Å². The van der Waals surface area contributed by atoms with Crippen molar-refractivity contribution in [3.05, 3.63) is 21.3 Å². The van der Waals surface area contributed by atoms with E-state index in [4.69, 9.17) is 11.6 Å². The van der Waals surface area contributed by atoms with E-state index in [0.717, 1.165) is 32.5 Å². The van der Waals surface area contributed by atoms with Crippen LogP contribution in [0.1, 0.15) is 29.4 Å². The number of hydrogen-bond acceptors (Lipinski definition) is 3. The zero-order chi connectivity index (χ0) is 12.3. The second kappa shape index (κ2) is 6.75. The van der Waals surface area contributed by atoms with Crippen molar-refractivity contribution in [2.75, 3.05) is 19.6 Å². The van der Waals surface area contributed by atoms with Crippen molar-refractivity contribution in [3.63, 3.8) is 0 Å². The molecule has 1 aromatic rings. The molecule has 1 aliphatic heterocycles. The first-order chi connectivity index (χ1) is 8.09. The van der Waals surface area contributed by atoms with Crippen LogP contribution in [0.2, 0.25) is 4.34 Å². The van der Waals surface area contributed by atoms with Crippen LogP contribution in [0.5, 0.6) is 0 Å². The van der Waals surface area contributed by atoms with Crippen molar-refractivity contribution in [3.8, 4) is 0 Å². The van der Waals surface area contributed by atoms with Gasteiger partial charge in [0.05, 0.1) is 9.21 Å². The predicted molar refractivity (Wildman–Crippen MR) is 79.1 cm³/mol. The van der Waals surface area contributed by atoms with Gasteiger partial charge in [-0.05, 0) is 43.5 Å². The molecule has 0 saturated carbocycles. The second-order valence-electron chi connectivity index (χ2n) is 4.85. The Morgan fingerprint density at radius 2 is 2.17 bits per heavy atom. The summed E-state index contributed by atoms with van der Waals surface area (Å²) < 4.78 is 0.656. The molecule has 0 unspecified atom stereocenters. The first-order valence-electron chi connectivity index (χ1n) is 5.83. The lowest BCUT2D eigenvalue weighted by Gasteiger charge is -2.34. The number of halogens is 2. The first kappa shape index (κ1) is 15.8. The number of piperidine rings is 1. The maximum absolute atomic E-state index is 11.9. The molecule has 1 amide bonds. The van der Waals surface area contributed by atoms with Gasteiger partial charge in [-0.15, -0.1) is 23.7 Å².